The number of fused-ring (bicyclic) bond motifs is 1. The van der Waals surface area contributed by atoms with Gasteiger partial charge in [0.1, 0.15) is 21.8 Å². The predicted octanol–water partition coefficient (Wildman–Crippen LogP) is 3.68. The van der Waals surface area contributed by atoms with Gasteiger partial charge in [-0.2, -0.15) is 0 Å². The molecule has 27 heavy (non-hydrogen) atoms. The zero-order valence-corrected chi connectivity index (χ0v) is 16.0. The van der Waals surface area contributed by atoms with Crippen molar-refractivity contribution >= 4 is 33.5 Å². The molecule has 0 amide bonds. The van der Waals surface area contributed by atoms with Crippen LogP contribution in [0.15, 0.2) is 30.6 Å². The van der Waals surface area contributed by atoms with Crippen LogP contribution in [-0.4, -0.2) is 35.6 Å². The summed E-state index contributed by atoms with van der Waals surface area (Å²) in [6, 6.07) is 7.07. The van der Waals surface area contributed by atoms with Crippen LogP contribution >= 0.6 is 11.3 Å². The largest absolute Gasteiger partial charge is 0.469 e. The maximum atomic E-state index is 12.1. The molecular formula is C19H18N2O5S. The highest BCUT2D eigenvalue weighted by atomic mass is 32.1. The molecule has 3 aromatic rings. The molecule has 8 heteroatoms. The minimum atomic E-state index is -0.379. The number of esters is 2. The Bertz CT molecular complexity index is 982. The van der Waals surface area contributed by atoms with Crippen LogP contribution in [0.25, 0.3) is 10.2 Å². The lowest BCUT2D eigenvalue weighted by Crippen LogP contribution is -2.04. The third-order valence-electron chi connectivity index (χ3n) is 3.87. The van der Waals surface area contributed by atoms with Gasteiger partial charge in [0.25, 0.3) is 0 Å². The molecule has 3 rings (SSSR count). The van der Waals surface area contributed by atoms with Gasteiger partial charge >= 0.3 is 11.9 Å². The number of hydrogen-bond donors (Lipinski definition) is 0. The molecule has 0 aliphatic rings. The second kappa shape index (κ2) is 8.13. The third-order valence-corrected chi connectivity index (χ3v) is 5.05. The summed E-state index contributed by atoms with van der Waals surface area (Å²) in [5.41, 5.74) is 1.55. The summed E-state index contributed by atoms with van der Waals surface area (Å²) in [5.74, 6) is 0.245. The van der Waals surface area contributed by atoms with E-state index in [0.717, 1.165) is 11.1 Å². The van der Waals surface area contributed by atoms with Gasteiger partial charge in [0.15, 0.2) is 0 Å². The van der Waals surface area contributed by atoms with Crippen molar-refractivity contribution in [1.82, 2.24) is 9.97 Å². The van der Waals surface area contributed by atoms with Crippen LogP contribution in [0.2, 0.25) is 0 Å². The van der Waals surface area contributed by atoms with Gasteiger partial charge in [0.05, 0.1) is 25.5 Å². The Morgan fingerprint density at radius 3 is 2.56 bits per heavy atom. The minimum absolute atomic E-state index is 0.196. The molecular weight excluding hydrogens is 368 g/mol. The molecule has 2 heterocycles. The Hall–Kier alpha value is -3.00. The highest BCUT2D eigenvalue weighted by Crippen LogP contribution is 2.36. The fourth-order valence-electron chi connectivity index (χ4n) is 2.53. The summed E-state index contributed by atoms with van der Waals surface area (Å²) in [7, 11) is 1.36. The number of carbonyl (C=O) groups excluding carboxylic acids is 2. The number of hydrogen-bond acceptors (Lipinski definition) is 8. The van der Waals surface area contributed by atoms with Crippen LogP contribution in [0.4, 0.5) is 0 Å². The SMILES string of the molecule is CCOC(=O)c1sc2ncnc(Oc3ccc(CC(=O)OC)cc3)c2c1C. The molecule has 0 spiro atoms. The second-order valence-electron chi connectivity index (χ2n) is 5.63. The average Bonchev–Trinajstić information content (AvgIpc) is 3.01. The maximum Gasteiger partial charge on any atom is 0.348 e. The van der Waals surface area contributed by atoms with E-state index in [9.17, 15) is 9.59 Å². The van der Waals surface area contributed by atoms with Crippen molar-refractivity contribution in [1.29, 1.82) is 0 Å². The number of rotatable bonds is 6. The molecule has 0 atom stereocenters. The Morgan fingerprint density at radius 2 is 1.89 bits per heavy atom. The van der Waals surface area contributed by atoms with Gasteiger partial charge in [-0.25, -0.2) is 14.8 Å². The number of benzene rings is 1. The van der Waals surface area contributed by atoms with Crippen LogP contribution in [0.5, 0.6) is 11.6 Å². The predicted molar refractivity (Wildman–Crippen MR) is 100 cm³/mol. The Labute approximate surface area is 159 Å². The van der Waals surface area contributed by atoms with Gasteiger partial charge in [-0.15, -0.1) is 11.3 Å². The van der Waals surface area contributed by atoms with Crippen LogP contribution in [0.1, 0.15) is 27.7 Å². The number of nitrogens with zero attached hydrogens (tertiary/aromatic N) is 2. The van der Waals surface area contributed by atoms with Crippen molar-refractivity contribution < 1.29 is 23.8 Å². The fraction of sp³-hybridized carbons (Fsp3) is 0.263. The average molecular weight is 386 g/mol. The first-order chi connectivity index (χ1) is 13.0. The van der Waals surface area contributed by atoms with Crippen molar-refractivity contribution in [2.75, 3.05) is 13.7 Å². The fourth-order valence-corrected chi connectivity index (χ4v) is 3.57. The lowest BCUT2D eigenvalue weighted by atomic mass is 10.1. The van der Waals surface area contributed by atoms with Gasteiger partial charge in [0, 0.05) is 0 Å². The van der Waals surface area contributed by atoms with E-state index in [1.807, 2.05) is 6.92 Å². The first-order valence-electron chi connectivity index (χ1n) is 8.28. The Morgan fingerprint density at radius 1 is 1.15 bits per heavy atom. The number of carbonyl (C=O) groups is 2. The molecule has 0 radical (unpaired) electrons. The van der Waals surface area contributed by atoms with E-state index in [0.29, 0.717) is 33.3 Å². The van der Waals surface area contributed by atoms with Gasteiger partial charge < -0.3 is 14.2 Å². The highest BCUT2D eigenvalue weighted by molar-refractivity contribution is 7.20. The molecule has 0 unspecified atom stereocenters. The molecule has 0 saturated carbocycles. The van der Waals surface area contributed by atoms with Crippen molar-refractivity contribution in [2.24, 2.45) is 0 Å². The standard InChI is InChI=1S/C19H18N2O5S/c1-4-25-19(23)16-11(2)15-17(20-10-21-18(15)27-16)26-13-7-5-12(6-8-13)9-14(22)24-3/h5-8,10H,4,9H2,1-3H3. The lowest BCUT2D eigenvalue weighted by molar-refractivity contribution is -0.139. The molecule has 7 nitrogen and oxygen atoms in total. The van der Waals surface area contributed by atoms with E-state index >= 15 is 0 Å². The third kappa shape index (κ3) is 4.06. The van der Waals surface area contributed by atoms with E-state index in [1.54, 1.807) is 31.2 Å². The van der Waals surface area contributed by atoms with E-state index in [4.69, 9.17) is 9.47 Å². The number of aryl methyl sites for hydroxylation is 1. The minimum Gasteiger partial charge on any atom is -0.469 e. The van der Waals surface area contributed by atoms with Gasteiger partial charge in [-0.3, -0.25) is 4.79 Å². The topological polar surface area (TPSA) is 87.6 Å². The van der Waals surface area contributed by atoms with Crippen molar-refractivity contribution in [3.8, 4) is 11.6 Å². The van der Waals surface area contributed by atoms with Crippen molar-refractivity contribution in [3.05, 3.63) is 46.6 Å². The van der Waals surface area contributed by atoms with E-state index in [-0.39, 0.29) is 18.4 Å². The monoisotopic (exact) mass is 386 g/mol. The molecule has 1 aromatic carbocycles. The van der Waals surface area contributed by atoms with Crippen LogP contribution in [0, 0.1) is 6.92 Å². The zero-order chi connectivity index (χ0) is 19.4. The summed E-state index contributed by atoms with van der Waals surface area (Å²) in [5, 5.41) is 0.684. The second-order valence-corrected chi connectivity index (χ2v) is 6.63. The Balaban J connectivity index is 1.89. The number of aromatic nitrogens is 2. The maximum absolute atomic E-state index is 12.1. The summed E-state index contributed by atoms with van der Waals surface area (Å²) in [6.07, 6.45) is 1.59. The summed E-state index contributed by atoms with van der Waals surface area (Å²) in [4.78, 5) is 33.0. The lowest BCUT2D eigenvalue weighted by Gasteiger charge is -2.07. The van der Waals surface area contributed by atoms with Crippen molar-refractivity contribution in [2.45, 2.75) is 20.3 Å². The molecule has 0 aliphatic carbocycles. The first kappa shape index (κ1) is 18.8. The van der Waals surface area contributed by atoms with Gasteiger partial charge in [-0.05, 0) is 37.1 Å². The number of methoxy groups -OCH3 is 1. The molecule has 140 valence electrons. The van der Waals surface area contributed by atoms with Crippen molar-refractivity contribution in [3.63, 3.8) is 0 Å². The van der Waals surface area contributed by atoms with E-state index < -0.39 is 0 Å². The molecule has 0 saturated heterocycles. The quantitative estimate of drug-likeness (QED) is 0.597. The normalized spacial score (nSPS) is 10.6. The van der Waals surface area contributed by atoms with Gasteiger partial charge in [-0.1, -0.05) is 12.1 Å². The van der Waals surface area contributed by atoms with Crippen LogP contribution in [-0.2, 0) is 20.7 Å². The number of thiophene rings is 1. The molecule has 0 fully saturated rings. The molecule has 0 bridgehead atoms. The number of ether oxygens (including phenoxy) is 3. The van der Waals surface area contributed by atoms with E-state index in [1.165, 1.54) is 24.8 Å². The summed E-state index contributed by atoms with van der Waals surface area (Å²) >= 11 is 1.25. The van der Waals surface area contributed by atoms with Gasteiger partial charge in [0.2, 0.25) is 5.88 Å². The molecule has 2 aromatic heterocycles. The first-order valence-corrected chi connectivity index (χ1v) is 9.10. The van der Waals surface area contributed by atoms with Crippen LogP contribution < -0.4 is 4.74 Å². The highest BCUT2D eigenvalue weighted by Gasteiger charge is 2.21. The summed E-state index contributed by atoms with van der Waals surface area (Å²) < 4.78 is 15.7. The smallest absolute Gasteiger partial charge is 0.348 e. The van der Waals surface area contributed by atoms with E-state index in [2.05, 4.69) is 14.7 Å². The summed E-state index contributed by atoms with van der Waals surface area (Å²) in [6.45, 7) is 3.89. The Kier molecular flexibility index (Phi) is 5.66. The molecule has 0 N–H and O–H groups in total. The van der Waals surface area contributed by atoms with Crippen LogP contribution in [0.3, 0.4) is 0 Å². The zero-order valence-electron chi connectivity index (χ0n) is 15.1. The molecule has 0 aliphatic heterocycles.